The van der Waals surface area contributed by atoms with Crippen LogP contribution in [0.1, 0.15) is 22.8 Å². The normalized spacial score (nSPS) is 16.2. The van der Waals surface area contributed by atoms with Crippen molar-refractivity contribution in [3.63, 3.8) is 0 Å². The Balaban J connectivity index is 1.77. The van der Waals surface area contributed by atoms with Gasteiger partial charge < -0.3 is 14.4 Å². The van der Waals surface area contributed by atoms with Gasteiger partial charge in [0.25, 0.3) is 5.91 Å². The zero-order valence-electron chi connectivity index (χ0n) is 14.1. The zero-order chi connectivity index (χ0) is 18.7. The molecule has 0 fully saturated rings. The molecule has 138 valence electrons. The van der Waals surface area contributed by atoms with Gasteiger partial charge in [-0.15, -0.1) is 0 Å². The smallest absolute Gasteiger partial charge is 0.417 e. The number of halogens is 3. The van der Waals surface area contributed by atoms with Crippen molar-refractivity contribution in [1.82, 2.24) is 4.90 Å². The molecule has 0 aromatic heterocycles. The van der Waals surface area contributed by atoms with Gasteiger partial charge in [0.15, 0.2) is 17.6 Å². The summed E-state index contributed by atoms with van der Waals surface area (Å²) < 4.78 is 51.0. The summed E-state index contributed by atoms with van der Waals surface area (Å²) in [6, 6.07) is 11.9. The van der Waals surface area contributed by atoms with E-state index >= 15 is 0 Å². The molecule has 3 rings (SSSR count). The fourth-order valence-corrected chi connectivity index (χ4v) is 2.84. The molecule has 7 heteroatoms. The Labute approximate surface area is 149 Å². The molecule has 0 aliphatic carbocycles. The molecule has 1 aliphatic rings. The summed E-state index contributed by atoms with van der Waals surface area (Å²) in [5, 5.41) is 0. The van der Waals surface area contributed by atoms with E-state index in [-0.39, 0.29) is 25.3 Å². The number of nitrogens with zero attached hydrogens (tertiary/aromatic N) is 1. The lowest BCUT2D eigenvalue weighted by molar-refractivity contribution is -0.138. The lowest BCUT2D eigenvalue weighted by atomic mass is 10.1. The molecule has 1 amide bonds. The highest BCUT2D eigenvalue weighted by Gasteiger charge is 2.36. The number of ether oxygens (including phenoxy) is 2. The molecule has 0 saturated carbocycles. The second-order valence-electron chi connectivity index (χ2n) is 5.88. The molecule has 2 aromatic rings. The number of para-hydroxylation sites is 2. The van der Waals surface area contributed by atoms with Crippen LogP contribution in [0.2, 0.25) is 0 Å². The highest BCUT2D eigenvalue weighted by molar-refractivity contribution is 5.96. The van der Waals surface area contributed by atoms with Crippen LogP contribution in [0.25, 0.3) is 0 Å². The van der Waals surface area contributed by atoms with E-state index in [1.807, 2.05) is 6.07 Å². The molecular weight excluding hydrogens is 347 g/mol. The Kier molecular flexibility index (Phi) is 5.06. The minimum Gasteiger partial charge on any atom is -0.486 e. The first-order chi connectivity index (χ1) is 12.4. The van der Waals surface area contributed by atoms with Gasteiger partial charge in [-0.25, -0.2) is 0 Å². The SMILES string of the molecule is CCN(CC1COc2ccccc2O1)C(=O)c1ccccc1C(F)(F)F. The van der Waals surface area contributed by atoms with Gasteiger partial charge in [-0.2, -0.15) is 13.2 Å². The summed E-state index contributed by atoms with van der Waals surface area (Å²) in [5.41, 5.74) is -1.30. The molecule has 1 heterocycles. The van der Waals surface area contributed by atoms with Crippen LogP contribution in [0.3, 0.4) is 0 Å². The van der Waals surface area contributed by atoms with Crippen molar-refractivity contribution in [2.45, 2.75) is 19.2 Å². The third kappa shape index (κ3) is 3.76. The van der Waals surface area contributed by atoms with Crippen LogP contribution in [0.4, 0.5) is 13.2 Å². The van der Waals surface area contributed by atoms with E-state index in [4.69, 9.17) is 9.47 Å². The van der Waals surface area contributed by atoms with Crippen LogP contribution in [0.15, 0.2) is 48.5 Å². The van der Waals surface area contributed by atoms with Crippen LogP contribution >= 0.6 is 0 Å². The van der Waals surface area contributed by atoms with E-state index in [0.717, 1.165) is 6.07 Å². The summed E-state index contributed by atoms with van der Waals surface area (Å²) >= 11 is 0. The third-order valence-corrected chi connectivity index (χ3v) is 4.12. The molecule has 0 radical (unpaired) electrons. The Bertz CT molecular complexity index is 792. The monoisotopic (exact) mass is 365 g/mol. The van der Waals surface area contributed by atoms with Crippen molar-refractivity contribution >= 4 is 5.91 Å². The Morgan fingerprint density at radius 3 is 2.46 bits per heavy atom. The minimum atomic E-state index is -4.59. The van der Waals surface area contributed by atoms with Crippen LogP contribution in [-0.4, -0.2) is 36.6 Å². The van der Waals surface area contributed by atoms with Gasteiger partial charge >= 0.3 is 6.18 Å². The number of alkyl halides is 3. The third-order valence-electron chi connectivity index (χ3n) is 4.12. The molecule has 2 aromatic carbocycles. The summed E-state index contributed by atoms with van der Waals surface area (Å²) in [4.78, 5) is 14.0. The van der Waals surface area contributed by atoms with Crippen molar-refractivity contribution in [3.05, 3.63) is 59.7 Å². The summed E-state index contributed by atoms with van der Waals surface area (Å²) in [7, 11) is 0. The Morgan fingerprint density at radius 2 is 1.77 bits per heavy atom. The van der Waals surface area contributed by atoms with Gasteiger partial charge in [-0.05, 0) is 31.2 Å². The maximum absolute atomic E-state index is 13.2. The van der Waals surface area contributed by atoms with Gasteiger partial charge in [-0.3, -0.25) is 4.79 Å². The molecule has 1 aliphatic heterocycles. The summed E-state index contributed by atoms with van der Waals surface area (Å²) in [6.45, 7) is 2.33. The predicted octanol–water partition coefficient (Wildman–Crippen LogP) is 4.01. The van der Waals surface area contributed by atoms with E-state index in [1.165, 1.54) is 23.1 Å². The topological polar surface area (TPSA) is 38.8 Å². The molecule has 1 unspecified atom stereocenters. The molecule has 26 heavy (non-hydrogen) atoms. The number of benzene rings is 2. The van der Waals surface area contributed by atoms with Gasteiger partial charge in [0.05, 0.1) is 17.7 Å². The molecule has 1 atom stereocenters. The fourth-order valence-electron chi connectivity index (χ4n) is 2.84. The van der Waals surface area contributed by atoms with E-state index in [0.29, 0.717) is 11.5 Å². The average molecular weight is 365 g/mol. The Hall–Kier alpha value is -2.70. The van der Waals surface area contributed by atoms with Crippen LogP contribution in [-0.2, 0) is 6.18 Å². The van der Waals surface area contributed by atoms with Crippen molar-refractivity contribution in [2.24, 2.45) is 0 Å². The highest BCUT2D eigenvalue weighted by atomic mass is 19.4. The standard InChI is InChI=1S/C19H18F3NO3/c1-2-23(11-13-12-25-16-9-5-6-10-17(16)26-13)18(24)14-7-3-4-8-15(14)19(20,21)22/h3-10,13H,2,11-12H2,1H3. The highest BCUT2D eigenvalue weighted by Crippen LogP contribution is 2.33. The second-order valence-corrected chi connectivity index (χ2v) is 5.88. The number of hydrogen-bond acceptors (Lipinski definition) is 3. The largest absolute Gasteiger partial charge is 0.486 e. The molecule has 0 bridgehead atoms. The van der Waals surface area contributed by atoms with E-state index in [1.54, 1.807) is 25.1 Å². The first-order valence-electron chi connectivity index (χ1n) is 8.24. The first kappa shape index (κ1) is 18.1. The van der Waals surface area contributed by atoms with Crippen molar-refractivity contribution in [3.8, 4) is 11.5 Å². The van der Waals surface area contributed by atoms with Crippen LogP contribution in [0, 0.1) is 0 Å². The number of carbonyl (C=O) groups is 1. The van der Waals surface area contributed by atoms with Gasteiger partial charge in [0, 0.05) is 6.54 Å². The quantitative estimate of drug-likeness (QED) is 0.822. The molecular formula is C19H18F3NO3. The van der Waals surface area contributed by atoms with Crippen LogP contribution < -0.4 is 9.47 Å². The van der Waals surface area contributed by atoms with Crippen molar-refractivity contribution in [2.75, 3.05) is 19.7 Å². The maximum atomic E-state index is 13.2. The van der Waals surface area contributed by atoms with Gasteiger partial charge in [0.2, 0.25) is 0 Å². The number of carbonyl (C=O) groups excluding carboxylic acids is 1. The minimum absolute atomic E-state index is 0.135. The summed E-state index contributed by atoms with van der Waals surface area (Å²) in [6.07, 6.45) is -5.04. The van der Waals surface area contributed by atoms with Crippen LogP contribution in [0.5, 0.6) is 11.5 Å². The molecule has 0 spiro atoms. The number of likely N-dealkylation sites (N-methyl/N-ethyl adjacent to an activating group) is 1. The average Bonchev–Trinajstić information content (AvgIpc) is 2.64. The van der Waals surface area contributed by atoms with Gasteiger partial charge in [-0.1, -0.05) is 24.3 Å². The number of fused-ring (bicyclic) bond motifs is 1. The lowest BCUT2D eigenvalue weighted by Crippen LogP contribution is -2.44. The summed E-state index contributed by atoms with van der Waals surface area (Å²) in [5.74, 6) is 0.492. The maximum Gasteiger partial charge on any atom is 0.417 e. The fraction of sp³-hybridized carbons (Fsp3) is 0.316. The molecule has 4 nitrogen and oxygen atoms in total. The van der Waals surface area contributed by atoms with Crippen molar-refractivity contribution < 1.29 is 27.4 Å². The van der Waals surface area contributed by atoms with Crippen molar-refractivity contribution in [1.29, 1.82) is 0 Å². The second kappa shape index (κ2) is 7.27. The predicted molar refractivity (Wildman–Crippen MR) is 89.4 cm³/mol. The first-order valence-corrected chi connectivity index (χ1v) is 8.24. The number of rotatable bonds is 4. The van der Waals surface area contributed by atoms with E-state index < -0.39 is 23.8 Å². The Morgan fingerprint density at radius 1 is 1.12 bits per heavy atom. The number of amides is 1. The molecule has 0 N–H and O–H groups in total. The van der Waals surface area contributed by atoms with Gasteiger partial charge in [0.1, 0.15) is 6.61 Å². The lowest BCUT2D eigenvalue weighted by Gasteiger charge is -2.31. The molecule has 0 saturated heterocycles. The zero-order valence-corrected chi connectivity index (χ0v) is 14.1. The van der Waals surface area contributed by atoms with E-state index in [9.17, 15) is 18.0 Å². The number of hydrogen-bond donors (Lipinski definition) is 0. The van der Waals surface area contributed by atoms with E-state index in [2.05, 4.69) is 0 Å².